The Morgan fingerprint density at radius 2 is 2.00 bits per heavy atom. The van der Waals surface area contributed by atoms with Crippen molar-refractivity contribution in [3.8, 4) is 11.5 Å². The first-order valence-corrected chi connectivity index (χ1v) is 5.94. The number of methoxy groups -OCH3 is 2. The van der Waals surface area contributed by atoms with E-state index in [0.717, 1.165) is 31.0 Å². The zero-order valence-electron chi connectivity index (χ0n) is 10.4. The van der Waals surface area contributed by atoms with E-state index in [-0.39, 0.29) is 6.04 Å². The molecule has 1 fully saturated rings. The maximum Gasteiger partial charge on any atom is 0.160 e. The molecule has 3 N–H and O–H groups in total. The highest BCUT2D eigenvalue weighted by Crippen LogP contribution is 2.32. The lowest BCUT2D eigenvalue weighted by Gasteiger charge is -2.30. The Balaban J connectivity index is 2.25. The molecule has 1 aliphatic heterocycles. The van der Waals surface area contributed by atoms with Crippen molar-refractivity contribution in [2.75, 3.05) is 27.3 Å². The second-order valence-electron chi connectivity index (χ2n) is 4.38. The summed E-state index contributed by atoms with van der Waals surface area (Å²) in [4.78, 5) is 0. The first kappa shape index (κ1) is 12.2. The largest absolute Gasteiger partial charge is 0.493 e. The van der Waals surface area contributed by atoms with Crippen molar-refractivity contribution in [2.45, 2.75) is 18.4 Å². The van der Waals surface area contributed by atoms with E-state index < -0.39 is 0 Å². The highest BCUT2D eigenvalue weighted by molar-refractivity contribution is 5.44. The summed E-state index contributed by atoms with van der Waals surface area (Å²) in [6.07, 6.45) is 1.01. The molecule has 17 heavy (non-hydrogen) atoms. The molecule has 1 saturated heterocycles. The number of nitrogens with two attached hydrogens (primary N) is 1. The van der Waals surface area contributed by atoms with Gasteiger partial charge >= 0.3 is 0 Å². The average Bonchev–Trinajstić information content (AvgIpc) is 2.38. The van der Waals surface area contributed by atoms with E-state index in [1.54, 1.807) is 14.2 Å². The molecule has 4 heteroatoms. The summed E-state index contributed by atoms with van der Waals surface area (Å²) < 4.78 is 10.6. The van der Waals surface area contributed by atoms with Gasteiger partial charge in [-0.2, -0.15) is 0 Å². The van der Waals surface area contributed by atoms with Crippen molar-refractivity contribution in [3.63, 3.8) is 0 Å². The molecule has 1 aliphatic rings. The number of benzene rings is 1. The number of ether oxygens (including phenoxy) is 2. The fraction of sp³-hybridized carbons (Fsp3) is 0.538. The van der Waals surface area contributed by atoms with Crippen LogP contribution in [-0.4, -0.2) is 33.4 Å². The lowest BCUT2D eigenvalue weighted by atomic mass is 9.87. The Morgan fingerprint density at radius 1 is 1.24 bits per heavy atom. The molecule has 0 spiro atoms. The molecule has 94 valence electrons. The number of hydrogen-bond acceptors (Lipinski definition) is 4. The predicted molar refractivity (Wildman–Crippen MR) is 67.7 cm³/mol. The zero-order valence-corrected chi connectivity index (χ0v) is 10.4. The molecule has 2 rings (SSSR count). The van der Waals surface area contributed by atoms with Gasteiger partial charge in [0.2, 0.25) is 0 Å². The molecule has 1 aromatic carbocycles. The van der Waals surface area contributed by atoms with E-state index >= 15 is 0 Å². The van der Waals surface area contributed by atoms with Crippen molar-refractivity contribution in [2.24, 2.45) is 5.73 Å². The molecule has 2 unspecified atom stereocenters. The van der Waals surface area contributed by atoms with Crippen LogP contribution in [0.4, 0.5) is 0 Å². The Labute approximate surface area is 102 Å². The smallest absolute Gasteiger partial charge is 0.160 e. The van der Waals surface area contributed by atoms with Gasteiger partial charge in [-0.25, -0.2) is 0 Å². The second kappa shape index (κ2) is 5.38. The van der Waals surface area contributed by atoms with Gasteiger partial charge in [0.25, 0.3) is 0 Å². The molecular weight excluding hydrogens is 216 g/mol. The van der Waals surface area contributed by atoms with Gasteiger partial charge in [0.05, 0.1) is 14.2 Å². The summed E-state index contributed by atoms with van der Waals surface area (Å²) in [5.41, 5.74) is 7.37. The molecule has 0 saturated carbocycles. The summed E-state index contributed by atoms with van der Waals surface area (Å²) in [6.45, 7) is 1.93. The fourth-order valence-corrected chi connectivity index (χ4v) is 2.33. The number of piperidine rings is 1. The lowest BCUT2D eigenvalue weighted by Crippen LogP contribution is -2.43. The third-order valence-electron chi connectivity index (χ3n) is 3.37. The normalized spacial score (nSPS) is 24.4. The van der Waals surface area contributed by atoms with Gasteiger partial charge in [-0.3, -0.25) is 0 Å². The summed E-state index contributed by atoms with van der Waals surface area (Å²) in [5, 5.41) is 3.38. The first-order chi connectivity index (χ1) is 8.26. The van der Waals surface area contributed by atoms with Crippen molar-refractivity contribution >= 4 is 0 Å². The van der Waals surface area contributed by atoms with Crippen LogP contribution < -0.4 is 20.5 Å². The van der Waals surface area contributed by atoms with E-state index in [0.29, 0.717) is 5.92 Å². The topological polar surface area (TPSA) is 56.5 Å². The maximum absolute atomic E-state index is 6.16. The Bertz CT molecular complexity index is 382. The fourth-order valence-electron chi connectivity index (χ4n) is 2.33. The highest BCUT2D eigenvalue weighted by atomic mass is 16.5. The molecule has 0 aliphatic carbocycles. The van der Waals surface area contributed by atoms with Crippen molar-refractivity contribution < 1.29 is 9.47 Å². The van der Waals surface area contributed by atoms with E-state index in [9.17, 15) is 0 Å². The Kier molecular flexibility index (Phi) is 3.86. The minimum atomic E-state index is 0.217. The third kappa shape index (κ3) is 2.53. The zero-order chi connectivity index (χ0) is 12.3. The van der Waals surface area contributed by atoms with Gasteiger partial charge < -0.3 is 20.5 Å². The summed E-state index contributed by atoms with van der Waals surface area (Å²) in [6, 6.07) is 6.25. The quantitative estimate of drug-likeness (QED) is 0.825. The molecule has 0 bridgehead atoms. The number of nitrogens with one attached hydrogen (secondary N) is 1. The highest BCUT2D eigenvalue weighted by Gasteiger charge is 2.23. The van der Waals surface area contributed by atoms with E-state index in [1.165, 1.54) is 5.56 Å². The van der Waals surface area contributed by atoms with Gasteiger partial charge in [0.1, 0.15) is 0 Å². The Morgan fingerprint density at radius 3 is 2.65 bits per heavy atom. The standard InChI is InChI=1S/C13H20N2O2/c1-16-12-4-3-9(7-13(12)17-2)10-8-15-6-5-11(10)14/h3-4,7,10-11,15H,5-6,8,14H2,1-2H3. The molecule has 0 amide bonds. The second-order valence-corrected chi connectivity index (χ2v) is 4.38. The monoisotopic (exact) mass is 236 g/mol. The molecular formula is C13H20N2O2. The van der Waals surface area contributed by atoms with Gasteiger partial charge in [-0.1, -0.05) is 6.07 Å². The summed E-state index contributed by atoms with van der Waals surface area (Å²) in [7, 11) is 3.30. The van der Waals surface area contributed by atoms with Gasteiger partial charge in [-0.15, -0.1) is 0 Å². The minimum Gasteiger partial charge on any atom is -0.493 e. The van der Waals surface area contributed by atoms with Crippen LogP contribution in [0.15, 0.2) is 18.2 Å². The SMILES string of the molecule is COc1ccc(C2CNCCC2N)cc1OC. The van der Waals surface area contributed by atoms with Crippen LogP contribution >= 0.6 is 0 Å². The molecule has 0 radical (unpaired) electrons. The van der Waals surface area contributed by atoms with Gasteiger partial charge in [0, 0.05) is 18.5 Å². The molecule has 1 aromatic rings. The molecule has 4 nitrogen and oxygen atoms in total. The first-order valence-electron chi connectivity index (χ1n) is 5.94. The van der Waals surface area contributed by atoms with Crippen molar-refractivity contribution in [1.82, 2.24) is 5.32 Å². The van der Waals surface area contributed by atoms with Gasteiger partial charge in [-0.05, 0) is 30.7 Å². The van der Waals surface area contributed by atoms with Crippen LogP contribution in [0.25, 0.3) is 0 Å². The van der Waals surface area contributed by atoms with Crippen LogP contribution in [0.1, 0.15) is 17.9 Å². The summed E-state index contributed by atoms with van der Waals surface area (Å²) >= 11 is 0. The lowest BCUT2D eigenvalue weighted by molar-refractivity contribution is 0.352. The van der Waals surface area contributed by atoms with E-state index in [1.807, 2.05) is 12.1 Å². The molecule has 1 heterocycles. The summed E-state index contributed by atoms with van der Waals surface area (Å²) in [5.74, 6) is 1.87. The Hall–Kier alpha value is -1.26. The van der Waals surface area contributed by atoms with Crippen LogP contribution in [-0.2, 0) is 0 Å². The van der Waals surface area contributed by atoms with Gasteiger partial charge in [0.15, 0.2) is 11.5 Å². The maximum atomic E-state index is 6.16. The third-order valence-corrected chi connectivity index (χ3v) is 3.37. The van der Waals surface area contributed by atoms with Crippen molar-refractivity contribution in [1.29, 1.82) is 0 Å². The average molecular weight is 236 g/mol. The van der Waals surface area contributed by atoms with Crippen LogP contribution in [0, 0.1) is 0 Å². The van der Waals surface area contributed by atoms with E-state index in [4.69, 9.17) is 15.2 Å². The minimum absolute atomic E-state index is 0.217. The number of rotatable bonds is 3. The predicted octanol–water partition coefficient (Wildman–Crippen LogP) is 1.11. The van der Waals surface area contributed by atoms with Crippen LogP contribution in [0.2, 0.25) is 0 Å². The van der Waals surface area contributed by atoms with Crippen molar-refractivity contribution in [3.05, 3.63) is 23.8 Å². The molecule has 2 atom stereocenters. The molecule has 0 aromatic heterocycles. The van der Waals surface area contributed by atoms with E-state index in [2.05, 4.69) is 11.4 Å². The van der Waals surface area contributed by atoms with Crippen LogP contribution in [0.3, 0.4) is 0 Å². The van der Waals surface area contributed by atoms with Crippen LogP contribution in [0.5, 0.6) is 11.5 Å². The number of hydrogen-bond donors (Lipinski definition) is 2.